The first-order valence-corrected chi connectivity index (χ1v) is 7.98. The Morgan fingerprint density at radius 2 is 2.08 bits per heavy atom. The second-order valence-corrected chi connectivity index (χ2v) is 5.99. The smallest absolute Gasteiger partial charge is 0.263 e. The molecule has 1 atom stereocenters. The second-order valence-electron chi connectivity index (χ2n) is 5.99. The lowest BCUT2D eigenvalue weighted by Crippen LogP contribution is -2.28. The Bertz CT molecular complexity index is 927. The number of hydrogen-bond acceptors (Lipinski definition) is 6. The lowest BCUT2D eigenvalue weighted by Gasteiger charge is -2.16. The van der Waals surface area contributed by atoms with Crippen molar-refractivity contribution in [3.05, 3.63) is 45.9 Å². The molecule has 2 heterocycles. The van der Waals surface area contributed by atoms with Crippen LogP contribution in [0.5, 0.6) is 5.75 Å². The van der Waals surface area contributed by atoms with Gasteiger partial charge in [0, 0.05) is 13.6 Å². The number of aromatic amines is 1. The fourth-order valence-corrected chi connectivity index (χ4v) is 2.60. The third-order valence-electron chi connectivity index (χ3n) is 3.94. The van der Waals surface area contributed by atoms with Crippen molar-refractivity contribution in [3.8, 4) is 5.75 Å². The SMILES string of the molecule is Cc1cccc(C)c1OCC(O)CNc1nc2c(cnn2C)c(=O)[nH]1. The summed E-state index contributed by atoms with van der Waals surface area (Å²) in [4.78, 5) is 18.9. The van der Waals surface area contributed by atoms with E-state index in [1.165, 1.54) is 10.9 Å². The number of nitrogens with one attached hydrogen (secondary N) is 2. The highest BCUT2D eigenvalue weighted by Crippen LogP contribution is 2.22. The van der Waals surface area contributed by atoms with Crippen LogP contribution in [0.3, 0.4) is 0 Å². The molecule has 2 aromatic heterocycles. The van der Waals surface area contributed by atoms with Crippen LogP contribution in [-0.2, 0) is 7.05 Å². The largest absolute Gasteiger partial charge is 0.490 e. The number of nitrogens with zero attached hydrogens (tertiary/aromatic N) is 3. The summed E-state index contributed by atoms with van der Waals surface area (Å²) >= 11 is 0. The van der Waals surface area contributed by atoms with Gasteiger partial charge in [0.15, 0.2) is 5.65 Å². The first kappa shape index (κ1) is 17.0. The van der Waals surface area contributed by atoms with Gasteiger partial charge in [-0.2, -0.15) is 10.1 Å². The van der Waals surface area contributed by atoms with Crippen molar-refractivity contribution in [2.24, 2.45) is 7.05 Å². The summed E-state index contributed by atoms with van der Waals surface area (Å²) in [5.74, 6) is 1.07. The van der Waals surface area contributed by atoms with E-state index in [1.54, 1.807) is 7.05 Å². The number of fused-ring (bicyclic) bond motifs is 1. The Labute approximate surface area is 144 Å². The van der Waals surface area contributed by atoms with Gasteiger partial charge in [-0.15, -0.1) is 0 Å². The van der Waals surface area contributed by atoms with Crippen LogP contribution in [0.1, 0.15) is 11.1 Å². The number of ether oxygens (including phenoxy) is 1. The quantitative estimate of drug-likeness (QED) is 0.619. The van der Waals surface area contributed by atoms with Gasteiger partial charge in [-0.25, -0.2) is 0 Å². The summed E-state index contributed by atoms with van der Waals surface area (Å²) in [6.07, 6.45) is 0.713. The van der Waals surface area contributed by atoms with Crippen molar-refractivity contribution in [2.75, 3.05) is 18.5 Å². The van der Waals surface area contributed by atoms with Crippen LogP contribution < -0.4 is 15.6 Å². The Morgan fingerprint density at radius 3 is 2.80 bits per heavy atom. The van der Waals surface area contributed by atoms with Gasteiger partial charge in [-0.3, -0.25) is 14.5 Å². The number of aliphatic hydroxyl groups excluding tert-OH is 1. The average molecular weight is 343 g/mol. The molecule has 0 aliphatic heterocycles. The molecule has 0 saturated heterocycles. The van der Waals surface area contributed by atoms with Gasteiger partial charge in [-0.1, -0.05) is 18.2 Å². The number of para-hydroxylation sites is 1. The van der Waals surface area contributed by atoms with E-state index >= 15 is 0 Å². The van der Waals surface area contributed by atoms with E-state index in [0.717, 1.165) is 16.9 Å². The summed E-state index contributed by atoms with van der Waals surface area (Å²) < 4.78 is 7.25. The first-order valence-electron chi connectivity index (χ1n) is 7.98. The maximum Gasteiger partial charge on any atom is 0.263 e. The van der Waals surface area contributed by atoms with E-state index < -0.39 is 6.10 Å². The molecule has 0 bridgehead atoms. The zero-order chi connectivity index (χ0) is 18.0. The molecule has 0 aliphatic carbocycles. The zero-order valence-corrected chi connectivity index (χ0v) is 14.4. The fraction of sp³-hybridized carbons (Fsp3) is 0.353. The maximum absolute atomic E-state index is 12.0. The average Bonchev–Trinajstić information content (AvgIpc) is 2.94. The van der Waals surface area contributed by atoms with E-state index in [-0.39, 0.29) is 24.7 Å². The molecule has 8 nitrogen and oxygen atoms in total. The van der Waals surface area contributed by atoms with Gasteiger partial charge in [0.2, 0.25) is 5.95 Å². The summed E-state index contributed by atoms with van der Waals surface area (Å²) in [6, 6.07) is 5.89. The molecule has 3 N–H and O–H groups in total. The summed E-state index contributed by atoms with van der Waals surface area (Å²) in [6.45, 7) is 4.25. The Hall–Kier alpha value is -2.87. The normalized spacial score (nSPS) is 12.3. The van der Waals surface area contributed by atoms with Crippen molar-refractivity contribution in [1.29, 1.82) is 0 Å². The number of benzene rings is 1. The third-order valence-corrected chi connectivity index (χ3v) is 3.94. The summed E-state index contributed by atoms with van der Waals surface area (Å²) in [5.41, 5.74) is 2.25. The predicted octanol–water partition coefficient (Wildman–Crippen LogP) is 1.13. The topological polar surface area (TPSA) is 105 Å². The molecule has 3 rings (SSSR count). The van der Waals surface area contributed by atoms with Crippen LogP contribution in [0.25, 0.3) is 11.0 Å². The van der Waals surface area contributed by atoms with Crippen LogP contribution in [0, 0.1) is 13.8 Å². The predicted molar refractivity (Wildman–Crippen MR) is 95.0 cm³/mol. The molecule has 132 valence electrons. The molecule has 25 heavy (non-hydrogen) atoms. The minimum Gasteiger partial charge on any atom is -0.490 e. The minimum absolute atomic E-state index is 0.136. The number of aryl methyl sites for hydroxylation is 3. The molecular weight excluding hydrogens is 322 g/mol. The van der Waals surface area contributed by atoms with Crippen LogP contribution in [0.2, 0.25) is 0 Å². The van der Waals surface area contributed by atoms with E-state index in [4.69, 9.17) is 4.74 Å². The number of aromatic nitrogens is 4. The Kier molecular flexibility index (Phi) is 4.71. The number of hydrogen-bond donors (Lipinski definition) is 3. The van der Waals surface area contributed by atoms with Crippen LogP contribution in [0.4, 0.5) is 5.95 Å². The standard InChI is InChI=1S/C17H21N5O3/c1-10-5-4-6-11(2)14(10)25-9-12(23)7-18-17-20-15-13(16(24)21-17)8-19-22(15)3/h4-6,8,12,23H,7,9H2,1-3H3,(H2,18,20,21,24). The zero-order valence-electron chi connectivity index (χ0n) is 14.4. The molecule has 3 aromatic rings. The number of anilines is 1. The molecule has 1 aromatic carbocycles. The van der Waals surface area contributed by atoms with Gasteiger partial charge >= 0.3 is 0 Å². The molecule has 8 heteroatoms. The first-order chi connectivity index (χ1) is 12.0. The van der Waals surface area contributed by atoms with Crippen LogP contribution in [-0.4, -0.2) is 44.1 Å². The molecular formula is C17H21N5O3. The molecule has 0 aliphatic rings. The van der Waals surface area contributed by atoms with Gasteiger partial charge in [0.05, 0.1) is 6.20 Å². The van der Waals surface area contributed by atoms with Gasteiger partial charge in [0.1, 0.15) is 23.8 Å². The van der Waals surface area contributed by atoms with Crippen molar-refractivity contribution in [2.45, 2.75) is 20.0 Å². The van der Waals surface area contributed by atoms with Gasteiger partial charge in [0.25, 0.3) is 5.56 Å². The minimum atomic E-state index is -0.758. The Balaban J connectivity index is 1.62. The molecule has 0 radical (unpaired) electrons. The van der Waals surface area contributed by atoms with Gasteiger partial charge in [-0.05, 0) is 25.0 Å². The summed E-state index contributed by atoms with van der Waals surface area (Å²) in [5, 5.41) is 17.5. The van der Waals surface area contributed by atoms with E-state index in [1.807, 2.05) is 32.0 Å². The Morgan fingerprint density at radius 1 is 1.36 bits per heavy atom. The molecule has 0 spiro atoms. The van der Waals surface area contributed by atoms with Crippen molar-refractivity contribution < 1.29 is 9.84 Å². The van der Waals surface area contributed by atoms with Crippen LogP contribution in [0.15, 0.2) is 29.2 Å². The molecule has 0 saturated carbocycles. The lowest BCUT2D eigenvalue weighted by molar-refractivity contribution is 0.116. The van der Waals surface area contributed by atoms with Crippen molar-refractivity contribution in [1.82, 2.24) is 19.7 Å². The van der Waals surface area contributed by atoms with Gasteiger partial charge < -0.3 is 15.2 Å². The van der Waals surface area contributed by atoms with E-state index in [2.05, 4.69) is 20.4 Å². The molecule has 0 fully saturated rings. The second kappa shape index (κ2) is 6.94. The summed E-state index contributed by atoms with van der Waals surface area (Å²) in [7, 11) is 1.71. The molecule has 1 unspecified atom stereocenters. The highest BCUT2D eigenvalue weighted by molar-refractivity contribution is 5.74. The molecule has 0 amide bonds. The van der Waals surface area contributed by atoms with Crippen molar-refractivity contribution in [3.63, 3.8) is 0 Å². The highest BCUT2D eigenvalue weighted by atomic mass is 16.5. The van der Waals surface area contributed by atoms with Crippen molar-refractivity contribution >= 4 is 17.0 Å². The number of aliphatic hydroxyl groups is 1. The lowest BCUT2D eigenvalue weighted by atomic mass is 10.1. The maximum atomic E-state index is 12.0. The number of H-pyrrole nitrogens is 1. The third kappa shape index (κ3) is 3.63. The highest BCUT2D eigenvalue weighted by Gasteiger charge is 2.11. The van der Waals surface area contributed by atoms with E-state index in [9.17, 15) is 9.90 Å². The van der Waals surface area contributed by atoms with E-state index in [0.29, 0.717) is 11.0 Å². The number of rotatable bonds is 6. The monoisotopic (exact) mass is 343 g/mol. The fourth-order valence-electron chi connectivity index (χ4n) is 2.60. The van der Waals surface area contributed by atoms with Crippen LogP contribution >= 0.6 is 0 Å².